The number of rotatable bonds is 5. The number of nitrogens with two attached hydrogens (primary N) is 1. The summed E-state index contributed by atoms with van der Waals surface area (Å²) < 4.78 is 0. The number of thioether (sulfide) groups is 1. The molecule has 19 heavy (non-hydrogen) atoms. The molecule has 0 unspecified atom stereocenters. The third kappa shape index (κ3) is 4.21. The number of hydrogen-bond donors (Lipinski definition) is 1. The quantitative estimate of drug-likeness (QED) is 0.849. The van der Waals surface area contributed by atoms with Gasteiger partial charge in [-0.15, -0.1) is 11.8 Å². The summed E-state index contributed by atoms with van der Waals surface area (Å²) in [6.45, 7) is 4.19. The molecule has 0 aliphatic carbocycles. The molecule has 2 rings (SSSR count). The van der Waals surface area contributed by atoms with Gasteiger partial charge in [-0.05, 0) is 25.5 Å². The summed E-state index contributed by atoms with van der Waals surface area (Å²) in [4.78, 5) is 14.0. The van der Waals surface area contributed by atoms with E-state index in [-0.39, 0.29) is 0 Å². The maximum absolute atomic E-state index is 5.71. The van der Waals surface area contributed by atoms with Crippen molar-refractivity contribution in [2.45, 2.75) is 37.3 Å². The summed E-state index contributed by atoms with van der Waals surface area (Å²) in [5, 5.41) is 0. The Morgan fingerprint density at radius 3 is 2.68 bits per heavy atom. The van der Waals surface area contributed by atoms with Gasteiger partial charge in [0.1, 0.15) is 11.6 Å². The molecule has 0 aliphatic heterocycles. The summed E-state index contributed by atoms with van der Waals surface area (Å²) in [5.74, 6) is 2.57. The lowest BCUT2D eigenvalue weighted by molar-refractivity contribution is 0.802. The van der Waals surface area contributed by atoms with Gasteiger partial charge in [-0.2, -0.15) is 9.97 Å². The van der Waals surface area contributed by atoms with Gasteiger partial charge in [0.05, 0.1) is 5.75 Å². The predicted molar refractivity (Wildman–Crippen MR) is 79.0 cm³/mol. The highest BCUT2D eigenvalue weighted by molar-refractivity contribution is 7.98. The van der Waals surface area contributed by atoms with Gasteiger partial charge in [0, 0.05) is 11.3 Å². The van der Waals surface area contributed by atoms with Crippen LogP contribution in [0.4, 0.5) is 5.95 Å². The minimum absolute atomic E-state index is 0.318. The lowest BCUT2D eigenvalue weighted by Crippen LogP contribution is -2.06. The van der Waals surface area contributed by atoms with Crippen molar-refractivity contribution >= 4 is 17.7 Å². The normalized spacial score (nSPS) is 10.6. The van der Waals surface area contributed by atoms with Crippen molar-refractivity contribution in [2.24, 2.45) is 0 Å². The highest BCUT2D eigenvalue weighted by atomic mass is 32.2. The third-order valence-corrected chi connectivity index (χ3v) is 3.57. The Morgan fingerprint density at radius 1 is 1.16 bits per heavy atom. The Balaban J connectivity index is 2.06. The monoisotopic (exact) mass is 274 g/mol. The molecule has 0 saturated heterocycles. The van der Waals surface area contributed by atoms with Crippen LogP contribution in [0.5, 0.6) is 0 Å². The number of anilines is 1. The molecule has 0 bridgehead atoms. The predicted octanol–water partition coefficient (Wildman–Crippen LogP) is 3.01. The van der Waals surface area contributed by atoms with Gasteiger partial charge in [0.15, 0.2) is 0 Å². The number of hydrogen-bond acceptors (Lipinski definition) is 5. The highest BCUT2D eigenvalue weighted by Gasteiger charge is 2.05. The number of nitrogens with zero attached hydrogens (tertiary/aromatic N) is 3. The minimum Gasteiger partial charge on any atom is -0.368 e. The van der Waals surface area contributed by atoms with Crippen molar-refractivity contribution in [3.8, 4) is 0 Å². The van der Waals surface area contributed by atoms with Gasteiger partial charge in [0.2, 0.25) is 5.95 Å². The van der Waals surface area contributed by atoms with E-state index in [2.05, 4.69) is 53.1 Å². The maximum Gasteiger partial charge on any atom is 0.223 e. The first-order valence-corrected chi connectivity index (χ1v) is 7.34. The van der Waals surface area contributed by atoms with Crippen LogP contribution in [0.3, 0.4) is 0 Å². The van der Waals surface area contributed by atoms with Gasteiger partial charge >= 0.3 is 0 Å². The Labute approximate surface area is 117 Å². The zero-order valence-corrected chi connectivity index (χ0v) is 12.1. The molecule has 0 atom stereocenters. The Morgan fingerprint density at radius 2 is 1.95 bits per heavy atom. The average Bonchev–Trinajstić information content (AvgIpc) is 2.36. The second kappa shape index (κ2) is 6.52. The van der Waals surface area contributed by atoms with Crippen molar-refractivity contribution in [3.05, 3.63) is 41.5 Å². The third-order valence-electron chi connectivity index (χ3n) is 2.58. The second-order valence-corrected chi connectivity index (χ2v) is 5.43. The van der Waals surface area contributed by atoms with E-state index in [0.717, 1.165) is 24.5 Å². The van der Waals surface area contributed by atoms with Gasteiger partial charge in [0.25, 0.3) is 0 Å². The van der Waals surface area contributed by atoms with Crippen LogP contribution in [0.2, 0.25) is 0 Å². The molecule has 2 N–H and O–H groups in total. The van der Waals surface area contributed by atoms with E-state index in [1.54, 1.807) is 11.8 Å². The van der Waals surface area contributed by atoms with Gasteiger partial charge in [-0.3, -0.25) is 0 Å². The lowest BCUT2D eigenvalue weighted by atomic mass is 10.2. The van der Waals surface area contributed by atoms with E-state index in [4.69, 9.17) is 5.73 Å². The first kappa shape index (κ1) is 13.8. The number of aryl methyl sites for hydroxylation is 2. The van der Waals surface area contributed by atoms with Crippen LogP contribution in [0.1, 0.15) is 30.6 Å². The topological polar surface area (TPSA) is 64.7 Å². The molecular formula is C14H18N4S. The van der Waals surface area contributed by atoms with Crippen LogP contribution < -0.4 is 5.73 Å². The summed E-state index contributed by atoms with van der Waals surface area (Å²) in [6, 6.07) is 8.39. The van der Waals surface area contributed by atoms with Crippen molar-refractivity contribution in [3.63, 3.8) is 0 Å². The average molecular weight is 274 g/mol. The van der Waals surface area contributed by atoms with Crippen LogP contribution in [-0.2, 0) is 12.2 Å². The minimum atomic E-state index is 0.318. The van der Waals surface area contributed by atoms with Crippen molar-refractivity contribution in [2.75, 3.05) is 5.73 Å². The zero-order valence-electron chi connectivity index (χ0n) is 11.3. The molecular weight excluding hydrogens is 256 g/mol. The summed E-state index contributed by atoms with van der Waals surface area (Å²) in [6.07, 6.45) is 1.85. The van der Waals surface area contributed by atoms with E-state index in [1.165, 1.54) is 10.5 Å². The number of benzene rings is 1. The fourth-order valence-corrected chi connectivity index (χ4v) is 2.61. The van der Waals surface area contributed by atoms with Crippen LogP contribution in [0.25, 0.3) is 0 Å². The molecule has 0 amide bonds. The summed E-state index contributed by atoms with van der Waals surface area (Å²) in [5.41, 5.74) is 6.97. The Bertz CT molecular complexity index is 557. The van der Waals surface area contributed by atoms with Gasteiger partial charge in [-0.25, -0.2) is 4.98 Å². The Kier molecular flexibility index (Phi) is 4.74. The molecule has 5 heteroatoms. The fraction of sp³-hybridized carbons (Fsp3) is 0.357. The van der Waals surface area contributed by atoms with Crippen LogP contribution in [0.15, 0.2) is 29.2 Å². The molecule has 2 aromatic rings. The van der Waals surface area contributed by atoms with Gasteiger partial charge in [-0.1, -0.05) is 24.6 Å². The smallest absolute Gasteiger partial charge is 0.223 e. The molecule has 1 aromatic heterocycles. The number of nitrogen functional groups attached to an aromatic ring is 1. The first-order chi connectivity index (χ1) is 9.17. The molecule has 0 fully saturated rings. The maximum atomic E-state index is 5.71. The van der Waals surface area contributed by atoms with Gasteiger partial charge < -0.3 is 5.73 Å². The molecule has 100 valence electrons. The SMILES string of the molecule is CCCc1nc(N)nc(CSc2cccc(C)c2)n1. The molecule has 0 aliphatic rings. The molecule has 1 heterocycles. The molecule has 0 saturated carbocycles. The van der Waals surface area contributed by atoms with Crippen LogP contribution >= 0.6 is 11.8 Å². The molecule has 1 aromatic carbocycles. The molecule has 4 nitrogen and oxygen atoms in total. The summed E-state index contributed by atoms with van der Waals surface area (Å²) >= 11 is 1.71. The molecule has 0 radical (unpaired) electrons. The fourth-order valence-electron chi connectivity index (χ4n) is 1.74. The second-order valence-electron chi connectivity index (χ2n) is 4.38. The standard InChI is InChI=1S/C14H18N4S/c1-3-5-12-16-13(18-14(15)17-12)9-19-11-7-4-6-10(2)8-11/h4,6-8H,3,5,9H2,1-2H3,(H2,15,16,17,18). The van der Waals surface area contributed by atoms with E-state index in [9.17, 15) is 0 Å². The van der Waals surface area contributed by atoms with E-state index in [0.29, 0.717) is 11.7 Å². The summed E-state index contributed by atoms with van der Waals surface area (Å²) in [7, 11) is 0. The van der Waals surface area contributed by atoms with Crippen molar-refractivity contribution < 1.29 is 0 Å². The van der Waals surface area contributed by atoms with Crippen molar-refractivity contribution in [1.82, 2.24) is 15.0 Å². The van der Waals surface area contributed by atoms with E-state index >= 15 is 0 Å². The highest BCUT2D eigenvalue weighted by Crippen LogP contribution is 2.22. The first-order valence-electron chi connectivity index (χ1n) is 6.36. The largest absolute Gasteiger partial charge is 0.368 e. The van der Waals surface area contributed by atoms with E-state index < -0.39 is 0 Å². The lowest BCUT2D eigenvalue weighted by Gasteiger charge is -2.05. The van der Waals surface area contributed by atoms with Crippen LogP contribution in [0, 0.1) is 6.92 Å². The van der Waals surface area contributed by atoms with Crippen LogP contribution in [-0.4, -0.2) is 15.0 Å². The Hall–Kier alpha value is -1.62. The zero-order chi connectivity index (χ0) is 13.7. The van der Waals surface area contributed by atoms with Crippen molar-refractivity contribution in [1.29, 1.82) is 0 Å². The molecule has 0 spiro atoms. The number of aromatic nitrogens is 3. The van der Waals surface area contributed by atoms with E-state index in [1.807, 2.05) is 0 Å².